The second kappa shape index (κ2) is 4.71. The number of hydrogen-bond donors (Lipinski definition) is 0. The average molecular weight is 211 g/mol. The van der Waals surface area contributed by atoms with Gasteiger partial charge in [-0.2, -0.15) is 0 Å². The van der Waals surface area contributed by atoms with E-state index in [2.05, 4.69) is 4.99 Å². The number of aliphatic imine (C=N–C) groups is 1. The maximum Gasteiger partial charge on any atom is 0.158 e. The molecule has 16 heavy (non-hydrogen) atoms. The molecule has 2 rings (SSSR count). The molecular weight excluding hydrogens is 198 g/mol. The normalized spacial score (nSPS) is 21.3. The van der Waals surface area contributed by atoms with E-state index in [0.29, 0.717) is 0 Å². The van der Waals surface area contributed by atoms with Crippen LogP contribution in [0.3, 0.4) is 0 Å². The molecule has 2 nitrogen and oxygen atoms in total. The van der Waals surface area contributed by atoms with E-state index in [1.807, 2.05) is 48.6 Å². The number of dihydropyridines is 1. The van der Waals surface area contributed by atoms with Gasteiger partial charge in [0.05, 0.1) is 0 Å². The summed E-state index contributed by atoms with van der Waals surface area (Å²) in [5, 5.41) is 0. The molecule has 0 fully saturated rings. The summed E-state index contributed by atoms with van der Waals surface area (Å²) in [4.78, 5) is 15.6. The lowest BCUT2D eigenvalue weighted by atomic mass is 9.99. The second-order valence-electron chi connectivity index (χ2n) is 3.73. The molecule has 0 bridgehead atoms. The van der Waals surface area contributed by atoms with Gasteiger partial charge in [-0.1, -0.05) is 36.4 Å². The molecule has 0 saturated heterocycles. The van der Waals surface area contributed by atoms with Gasteiger partial charge in [0, 0.05) is 6.21 Å². The van der Waals surface area contributed by atoms with E-state index < -0.39 is 0 Å². The van der Waals surface area contributed by atoms with E-state index in [0.717, 1.165) is 11.1 Å². The lowest BCUT2D eigenvalue weighted by molar-refractivity contribution is -0.117. The molecule has 0 N–H and O–H groups in total. The highest BCUT2D eigenvalue weighted by atomic mass is 16.1. The minimum atomic E-state index is -0.342. The number of Topliss-reactive ketones (excluding diaryl/α,β-unsaturated/α-hetero) is 1. The third-order valence-corrected chi connectivity index (χ3v) is 2.44. The molecule has 0 amide bonds. The van der Waals surface area contributed by atoms with Gasteiger partial charge in [0.2, 0.25) is 0 Å². The zero-order chi connectivity index (χ0) is 11.4. The van der Waals surface area contributed by atoms with Crippen LogP contribution >= 0.6 is 0 Å². The topological polar surface area (TPSA) is 29.4 Å². The predicted molar refractivity (Wildman–Crippen MR) is 66.5 cm³/mol. The third-order valence-electron chi connectivity index (χ3n) is 2.44. The lowest BCUT2D eigenvalue weighted by Gasteiger charge is -2.13. The first-order valence-electron chi connectivity index (χ1n) is 5.24. The van der Waals surface area contributed by atoms with Crippen molar-refractivity contribution >= 4 is 18.1 Å². The van der Waals surface area contributed by atoms with E-state index in [-0.39, 0.29) is 11.8 Å². The number of benzene rings is 1. The molecule has 1 aromatic rings. The van der Waals surface area contributed by atoms with E-state index >= 15 is 0 Å². The Hall–Kier alpha value is -1.96. The van der Waals surface area contributed by atoms with Gasteiger partial charge in [-0.05, 0) is 30.2 Å². The first-order chi connectivity index (χ1) is 7.77. The average Bonchev–Trinajstić information content (AvgIpc) is 2.31. The van der Waals surface area contributed by atoms with Crippen LogP contribution in [0, 0.1) is 0 Å². The van der Waals surface area contributed by atoms with E-state index in [9.17, 15) is 4.79 Å². The summed E-state index contributed by atoms with van der Waals surface area (Å²) in [5.74, 6) is 0.0720. The fraction of sp³-hybridized carbons (Fsp3) is 0.143. The number of carbonyl (C=O) groups excluding carboxylic acids is 1. The number of allylic oxidation sites excluding steroid dienone is 1. The summed E-state index contributed by atoms with van der Waals surface area (Å²) in [6.07, 6.45) is 7.47. The molecule has 1 atom stereocenters. The van der Waals surface area contributed by atoms with Crippen LogP contribution < -0.4 is 0 Å². The fourth-order valence-electron chi connectivity index (χ4n) is 1.68. The van der Waals surface area contributed by atoms with E-state index in [1.54, 1.807) is 13.1 Å². The van der Waals surface area contributed by atoms with Crippen molar-refractivity contribution in [1.29, 1.82) is 0 Å². The van der Waals surface area contributed by atoms with Crippen LogP contribution in [0.15, 0.2) is 53.0 Å². The first-order valence-corrected chi connectivity index (χ1v) is 5.24. The van der Waals surface area contributed by atoms with Crippen LogP contribution in [0.5, 0.6) is 0 Å². The second-order valence-corrected chi connectivity index (χ2v) is 3.73. The minimum Gasteiger partial charge on any atom is -0.297 e. The highest BCUT2D eigenvalue weighted by Crippen LogP contribution is 2.17. The van der Waals surface area contributed by atoms with Crippen LogP contribution in [-0.2, 0) is 4.79 Å². The molecule has 0 aromatic heterocycles. The summed E-state index contributed by atoms with van der Waals surface area (Å²) in [6.45, 7) is 1.57. The molecule has 1 heterocycles. The van der Waals surface area contributed by atoms with Gasteiger partial charge in [0.1, 0.15) is 6.04 Å². The van der Waals surface area contributed by atoms with Crippen LogP contribution in [0.2, 0.25) is 0 Å². The molecule has 1 aliphatic rings. The van der Waals surface area contributed by atoms with Gasteiger partial charge >= 0.3 is 0 Å². The Kier molecular flexibility index (Phi) is 3.10. The molecule has 0 saturated carbocycles. The number of ketones is 1. The highest BCUT2D eigenvalue weighted by molar-refractivity contribution is 5.92. The number of rotatable bonds is 2. The molecule has 1 aliphatic heterocycles. The molecule has 0 radical (unpaired) electrons. The van der Waals surface area contributed by atoms with E-state index in [1.165, 1.54) is 0 Å². The molecule has 0 aliphatic carbocycles. The van der Waals surface area contributed by atoms with E-state index in [4.69, 9.17) is 0 Å². The molecule has 0 spiro atoms. The van der Waals surface area contributed by atoms with Crippen molar-refractivity contribution in [2.45, 2.75) is 13.0 Å². The Balaban J connectivity index is 2.32. The lowest BCUT2D eigenvalue weighted by Crippen LogP contribution is -2.19. The fourth-order valence-corrected chi connectivity index (χ4v) is 1.68. The summed E-state index contributed by atoms with van der Waals surface area (Å²) < 4.78 is 0. The van der Waals surface area contributed by atoms with Gasteiger partial charge in [-0.15, -0.1) is 0 Å². The SMILES string of the molecule is CC(=O)C1N=CC=CC1=Cc1ccccc1. The number of hydrogen-bond acceptors (Lipinski definition) is 2. The summed E-state index contributed by atoms with van der Waals surface area (Å²) in [7, 11) is 0. The largest absolute Gasteiger partial charge is 0.297 e. The van der Waals surface area contributed by atoms with Crippen molar-refractivity contribution in [2.24, 2.45) is 4.99 Å². The van der Waals surface area contributed by atoms with Gasteiger partial charge in [0.25, 0.3) is 0 Å². The Morgan fingerprint density at radius 2 is 2.06 bits per heavy atom. The van der Waals surface area contributed by atoms with Crippen molar-refractivity contribution < 1.29 is 4.79 Å². The van der Waals surface area contributed by atoms with Gasteiger partial charge in [0.15, 0.2) is 5.78 Å². The summed E-state index contributed by atoms with van der Waals surface area (Å²) in [5.41, 5.74) is 2.03. The van der Waals surface area contributed by atoms with Gasteiger partial charge in [-0.25, -0.2) is 0 Å². The number of carbonyl (C=O) groups is 1. The van der Waals surface area contributed by atoms with Crippen molar-refractivity contribution in [3.63, 3.8) is 0 Å². The Morgan fingerprint density at radius 3 is 2.75 bits per heavy atom. The molecule has 80 valence electrons. The van der Waals surface area contributed by atoms with Crippen molar-refractivity contribution in [2.75, 3.05) is 0 Å². The van der Waals surface area contributed by atoms with Crippen LogP contribution in [0.1, 0.15) is 12.5 Å². The first kappa shape index (κ1) is 10.6. The monoisotopic (exact) mass is 211 g/mol. The Bertz CT molecular complexity index is 469. The molecular formula is C14H13NO. The van der Waals surface area contributed by atoms with Crippen LogP contribution in [-0.4, -0.2) is 18.0 Å². The maximum atomic E-state index is 11.4. The predicted octanol–water partition coefficient (Wildman–Crippen LogP) is 2.67. The quantitative estimate of drug-likeness (QED) is 0.739. The maximum absolute atomic E-state index is 11.4. The van der Waals surface area contributed by atoms with Gasteiger partial charge < -0.3 is 0 Å². The third kappa shape index (κ3) is 2.34. The van der Waals surface area contributed by atoms with Gasteiger partial charge in [-0.3, -0.25) is 9.79 Å². The standard InChI is InChI=1S/C14H13NO/c1-11(16)14-13(8-5-9-15-14)10-12-6-3-2-4-7-12/h2-10,14H,1H3. The minimum absolute atomic E-state index is 0.0720. The Labute approximate surface area is 95.0 Å². The van der Waals surface area contributed by atoms with Crippen molar-refractivity contribution in [3.8, 4) is 0 Å². The van der Waals surface area contributed by atoms with Crippen LogP contribution in [0.4, 0.5) is 0 Å². The van der Waals surface area contributed by atoms with Crippen molar-refractivity contribution in [1.82, 2.24) is 0 Å². The summed E-state index contributed by atoms with van der Waals surface area (Å²) >= 11 is 0. The zero-order valence-electron chi connectivity index (χ0n) is 9.13. The molecule has 1 aromatic carbocycles. The van der Waals surface area contributed by atoms with Crippen LogP contribution in [0.25, 0.3) is 6.08 Å². The Morgan fingerprint density at radius 1 is 1.31 bits per heavy atom. The highest BCUT2D eigenvalue weighted by Gasteiger charge is 2.17. The smallest absolute Gasteiger partial charge is 0.158 e. The summed E-state index contributed by atoms with van der Waals surface area (Å²) in [6, 6.07) is 9.60. The number of nitrogens with zero attached hydrogens (tertiary/aromatic N) is 1. The zero-order valence-corrected chi connectivity index (χ0v) is 9.13. The molecule has 2 heteroatoms. The molecule has 1 unspecified atom stereocenters. The van der Waals surface area contributed by atoms with Crippen molar-refractivity contribution in [3.05, 3.63) is 53.6 Å².